The quantitative estimate of drug-likeness (QED) is 0.679. The number of hydrogen-bond acceptors (Lipinski definition) is 3. The average molecular weight is 420 g/mol. The van der Waals surface area contributed by atoms with Crippen LogP contribution in [0, 0.1) is 0 Å². The van der Waals surface area contributed by atoms with Gasteiger partial charge >= 0.3 is 0 Å². The Morgan fingerprint density at radius 2 is 1.92 bits per heavy atom. The molecule has 0 aliphatic heterocycles. The lowest BCUT2D eigenvalue weighted by Gasteiger charge is -2.15. The van der Waals surface area contributed by atoms with Crippen LogP contribution in [0.4, 0.5) is 0 Å². The molecule has 0 bridgehead atoms. The third kappa shape index (κ3) is 6.39. The van der Waals surface area contributed by atoms with Gasteiger partial charge in [0.25, 0.3) is 0 Å². The summed E-state index contributed by atoms with van der Waals surface area (Å²) in [5, 5.41) is 4.08. The third-order valence-corrected chi connectivity index (χ3v) is 4.85. The first-order chi connectivity index (χ1) is 11.5. The largest absolute Gasteiger partial charge is 0.351 e. The maximum absolute atomic E-state index is 12.1. The van der Waals surface area contributed by atoms with E-state index >= 15 is 0 Å². The van der Waals surface area contributed by atoms with Crippen molar-refractivity contribution in [2.45, 2.75) is 19.0 Å². The maximum atomic E-state index is 12.1. The Balaban J connectivity index is 0.00000312. The van der Waals surface area contributed by atoms with Gasteiger partial charge in [-0.15, -0.1) is 12.4 Å². The van der Waals surface area contributed by atoms with Crippen LogP contribution >= 0.6 is 47.4 Å². The van der Waals surface area contributed by atoms with Gasteiger partial charge in [0.05, 0.1) is 6.04 Å². The van der Waals surface area contributed by atoms with Crippen molar-refractivity contribution >= 4 is 53.3 Å². The Morgan fingerprint density at radius 1 is 1.20 bits per heavy atom. The summed E-state index contributed by atoms with van der Waals surface area (Å²) in [7, 11) is 0. The average Bonchev–Trinajstić information content (AvgIpc) is 2.58. The Kier molecular flexibility index (Phi) is 9.69. The van der Waals surface area contributed by atoms with Gasteiger partial charge in [0, 0.05) is 22.2 Å². The van der Waals surface area contributed by atoms with Crippen molar-refractivity contribution in [2.75, 3.05) is 12.0 Å². The Labute approximate surface area is 169 Å². The van der Waals surface area contributed by atoms with Gasteiger partial charge in [-0.1, -0.05) is 53.5 Å². The van der Waals surface area contributed by atoms with Crippen molar-refractivity contribution in [3.8, 4) is 11.1 Å². The molecule has 2 aromatic rings. The molecule has 0 heterocycles. The molecule has 0 aliphatic carbocycles. The topological polar surface area (TPSA) is 55.1 Å². The molecule has 0 aromatic heterocycles. The van der Waals surface area contributed by atoms with Gasteiger partial charge < -0.3 is 11.1 Å². The second kappa shape index (κ2) is 10.9. The zero-order valence-electron chi connectivity index (χ0n) is 13.8. The Morgan fingerprint density at radius 3 is 2.60 bits per heavy atom. The van der Waals surface area contributed by atoms with Crippen LogP contribution in [-0.4, -0.2) is 24.0 Å². The fourth-order valence-corrected chi connectivity index (χ4v) is 3.33. The van der Waals surface area contributed by atoms with Crippen molar-refractivity contribution in [3.63, 3.8) is 0 Å². The minimum atomic E-state index is -0.483. The molecule has 0 saturated carbocycles. The lowest BCUT2D eigenvalue weighted by molar-refractivity contribution is -0.122. The molecule has 3 nitrogen and oxygen atoms in total. The molecule has 0 unspecified atom stereocenters. The summed E-state index contributed by atoms with van der Waals surface area (Å²) >= 11 is 14.0. The molecule has 0 fully saturated rings. The summed E-state index contributed by atoms with van der Waals surface area (Å²) in [6.07, 6.45) is 2.66. The number of nitrogens with one attached hydrogen (secondary N) is 1. The molecule has 7 heteroatoms. The highest BCUT2D eigenvalue weighted by Gasteiger charge is 2.14. The fraction of sp³-hybridized carbons (Fsp3) is 0.278. The normalized spacial score (nSPS) is 11.5. The molecule has 1 atom stereocenters. The van der Waals surface area contributed by atoms with Gasteiger partial charge in [-0.3, -0.25) is 4.79 Å². The predicted octanol–water partition coefficient (Wildman–Crippen LogP) is 4.78. The zero-order valence-corrected chi connectivity index (χ0v) is 16.9. The van der Waals surface area contributed by atoms with E-state index in [1.165, 1.54) is 0 Å². The van der Waals surface area contributed by atoms with Crippen LogP contribution in [0.15, 0.2) is 42.5 Å². The smallest absolute Gasteiger partial charge is 0.237 e. The zero-order chi connectivity index (χ0) is 17.5. The standard InChI is InChI=1S/C18H20Cl2N2OS.ClH/c1-24-9-8-17(21)18(23)22-11-12-4-2-3-5-14(12)15-7-6-13(19)10-16(15)20;/h2-7,10,17H,8-9,11,21H2,1H3,(H,22,23);1H/t17-;/m0./s1. The van der Waals surface area contributed by atoms with Gasteiger partial charge in [-0.05, 0) is 41.7 Å². The number of amides is 1. The van der Waals surface area contributed by atoms with Gasteiger partial charge in [-0.25, -0.2) is 0 Å². The van der Waals surface area contributed by atoms with Crippen LogP contribution in [0.5, 0.6) is 0 Å². The summed E-state index contributed by atoms with van der Waals surface area (Å²) in [5.41, 5.74) is 8.73. The number of hydrogen-bond donors (Lipinski definition) is 2. The lowest BCUT2D eigenvalue weighted by atomic mass is 9.99. The van der Waals surface area contributed by atoms with Crippen molar-refractivity contribution in [2.24, 2.45) is 5.73 Å². The minimum absolute atomic E-state index is 0. The monoisotopic (exact) mass is 418 g/mol. The number of thioether (sulfide) groups is 1. The van der Waals surface area contributed by atoms with E-state index in [1.54, 1.807) is 23.9 Å². The molecule has 25 heavy (non-hydrogen) atoms. The highest BCUT2D eigenvalue weighted by molar-refractivity contribution is 7.98. The first-order valence-electron chi connectivity index (χ1n) is 7.58. The summed E-state index contributed by atoms with van der Waals surface area (Å²) in [5.74, 6) is 0.729. The van der Waals surface area contributed by atoms with Gasteiger partial charge in [0.2, 0.25) is 5.91 Å². The second-order valence-electron chi connectivity index (χ2n) is 5.39. The van der Waals surface area contributed by atoms with E-state index in [1.807, 2.05) is 36.6 Å². The highest BCUT2D eigenvalue weighted by atomic mass is 35.5. The summed E-state index contributed by atoms with van der Waals surface area (Å²) in [4.78, 5) is 12.1. The van der Waals surface area contributed by atoms with Crippen molar-refractivity contribution in [3.05, 3.63) is 58.1 Å². The predicted molar refractivity (Wildman–Crippen MR) is 112 cm³/mol. The summed E-state index contributed by atoms with van der Waals surface area (Å²) in [6, 6.07) is 12.7. The molecule has 0 radical (unpaired) electrons. The molecular formula is C18H21Cl3N2OS. The van der Waals surface area contributed by atoms with Gasteiger partial charge in [0.15, 0.2) is 0 Å². The SMILES string of the molecule is CSCC[C@H](N)C(=O)NCc1ccccc1-c1ccc(Cl)cc1Cl.Cl. The highest BCUT2D eigenvalue weighted by Crippen LogP contribution is 2.32. The number of benzene rings is 2. The van der Waals surface area contributed by atoms with Crippen molar-refractivity contribution in [1.82, 2.24) is 5.32 Å². The first-order valence-corrected chi connectivity index (χ1v) is 9.73. The molecule has 3 N–H and O–H groups in total. The van der Waals surface area contributed by atoms with E-state index < -0.39 is 6.04 Å². The summed E-state index contributed by atoms with van der Waals surface area (Å²) in [6.45, 7) is 0.404. The number of halogens is 3. The molecule has 0 spiro atoms. The van der Waals surface area contributed by atoms with E-state index in [9.17, 15) is 4.79 Å². The van der Waals surface area contributed by atoms with E-state index in [-0.39, 0.29) is 18.3 Å². The van der Waals surface area contributed by atoms with E-state index in [0.29, 0.717) is 23.0 Å². The van der Waals surface area contributed by atoms with Gasteiger partial charge in [-0.2, -0.15) is 11.8 Å². The van der Waals surface area contributed by atoms with E-state index in [2.05, 4.69) is 5.32 Å². The van der Waals surface area contributed by atoms with E-state index in [4.69, 9.17) is 28.9 Å². The first kappa shape index (κ1) is 22.1. The molecule has 136 valence electrons. The molecule has 2 rings (SSSR count). The molecule has 0 aliphatic rings. The number of rotatable bonds is 7. The minimum Gasteiger partial charge on any atom is -0.351 e. The fourth-order valence-electron chi connectivity index (χ4n) is 2.33. The number of carbonyl (C=O) groups excluding carboxylic acids is 1. The number of nitrogens with two attached hydrogens (primary N) is 1. The van der Waals surface area contributed by atoms with Crippen LogP contribution in [0.1, 0.15) is 12.0 Å². The second-order valence-corrected chi connectivity index (χ2v) is 7.22. The van der Waals surface area contributed by atoms with Crippen LogP contribution in [0.3, 0.4) is 0 Å². The van der Waals surface area contributed by atoms with E-state index in [0.717, 1.165) is 22.4 Å². The molecule has 1 amide bonds. The van der Waals surface area contributed by atoms with Crippen LogP contribution in [0.2, 0.25) is 10.0 Å². The van der Waals surface area contributed by atoms with Crippen molar-refractivity contribution < 1.29 is 4.79 Å². The number of carbonyl (C=O) groups is 1. The van der Waals surface area contributed by atoms with Crippen LogP contribution in [0.25, 0.3) is 11.1 Å². The Bertz CT molecular complexity index is 712. The van der Waals surface area contributed by atoms with Crippen LogP contribution < -0.4 is 11.1 Å². The Hall–Kier alpha value is -0.910. The molecule has 0 saturated heterocycles. The molecule has 2 aromatic carbocycles. The van der Waals surface area contributed by atoms with Crippen molar-refractivity contribution in [1.29, 1.82) is 0 Å². The van der Waals surface area contributed by atoms with Gasteiger partial charge in [0.1, 0.15) is 0 Å². The van der Waals surface area contributed by atoms with Crippen LogP contribution in [-0.2, 0) is 11.3 Å². The lowest BCUT2D eigenvalue weighted by Crippen LogP contribution is -2.40. The molecular weight excluding hydrogens is 399 g/mol. The maximum Gasteiger partial charge on any atom is 0.237 e. The third-order valence-electron chi connectivity index (χ3n) is 3.66. The summed E-state index contributed by atoms with van der Waals surface area (Å²) < 4.78 is 0.